The lowest BCUT2D eigenvalue weighted by Crippen LogP contribution is -2.20. The Labute approximate surface area is 189 Å². The SMILES string of the molecule is COc1ccc(C)cc1NC(=O)[C@@H](Sc1nnnn1-c1ccc(O)cc1)c1ccccc1. The van der Waals surface area contributed by atoms with Gasteiger partial charge in [-0.2, -0.15) is 4.68 Å². The van der Waals surface area contributed by atoms with Gasteiger partial charge in [0.1, 0.15) is 16.7 Å². The Morgan fingerprint density at radius 3 is 2.56 bits per heavy atom. The van der Waals surface area contributed by atoms with Gasteiger partial charge in [0.15, 0.2) is 0 Å². The van der Waals surface area contributed by atoms with E-state index in [9.17, 15) is 9.90 Å². The molecule has 2 N–H and O–H groups in total. The molecule has 162 valence electrons. The van der Waals surface area contributed by atoms with Crippen LogP contribution in [0.15, 0.2) is 78.0 Å². The van der Waals surface area contributed by atoms with E-state index in [4.69, 9.17) is 4.74 Å². The van der Waals surface area contributed by atoms with Crippen LogP contribution in [0.4, 0.5) is 5.69 Å². The zero-order valence-electron chi connectivity index (χ0n) is 17.5. The summed E-state index contributed by atoms with van der Waals surface area (Å²) >= 11 is 1.23. The smallest absolute Gasteiger partial charge is 0.242 e. The Bertz CT molecular complexity index is 1210. The van der Waals surface area contributed by atoms with Crippen molar-refractivity contribution in [3.63, 3.8) is 0 Å². The van der Waals surface area contributed by atoms with E-state index in [1.54, 1.807) is 31.4 Å². The first-order chi connectivity index (χ1) is 15.5. The van der Waals surface area contributed by atoms with Crippen LogP contribution in [-0.2, 0) is 4.79 Å². The van der Waals surface area contributed by atoms with Gasteiger partial charge in [-0.05, 0) is 64.9 Å². The number of aromatic nitrogens is 4. The number of aryl methyl sites for hydroxylation is 1. The van der Waals surface area contributed by atoms with Crippen molar-refractivity contribution in [1.29, 1.82) is 0 Å². The first-order valence-electron chi connectivity index (χ1n) is 9.80. The summed E-state index contributed by atoms with van der Waals surface area (Å²) in [5.41, 5.74) is 3.07. The standard InChI is InChI=1S/C23H21N5O3S/c1-15-8-13-20(31-2)19(14-15)24-22(30)21(16-6-4-3-5-7-16)32-23-25-26-27-28(23)17-9-11-18(29)12-10-17/h3-14,21,29H,1-2H3,(H,24,30)/t21-/m0/s1. The van der Waals surface area contributed by atoms with Crippen LogP contribution in [0.2, 0.25) is 0 Å². The highest BCUT2D eigenvalue weighted by Gasteiger charge is 2.26. The third kappa shape index (κ3) is 4.73. The number of amides is 1. The second kappa shape index (κ2) is 9.52. The van der Waals surface area contributed by atoms with E-state index in [0.717, 1.165) is 11.1 Å². The molecule has 1 atom stereocenters. The number of thioether (sulfide) groups is 1. The minimum absolute atomic E-state index is 0.143. The molecule has 0 aliphatic rings. The number of aromatic hydroxyl groups is 1. The molecule has 3 aromatic carbocycles. The van der Waals surface area contributed by atoms with Crippen LogP contribution in [-0.4, -0.2) is 38.3 Å². The summed E-state index contributed by atoms with van der Waals surface area (Å²) in [6.45, 7) is 1.95. The average molecular weight is 448 g/mol. The van der Waals surface area contributed by atoms with Crippen molar-refractivity contribution < 1.29 is 14.6 Å². The molecular weight excluding hydrogens is 426 g/mol. The van der Waals surface area contributed by atoms with Gasteiger partial charge in [0.25, 0.3) is 0 Å². The van der Waals surface area contributed by atoms with Crippen molar-refractivity contribution >= 4 is 23.4 Å². The number of hydrogen-bond donors (Lipinski definition) is 2. The number of benzene rings is 3. The van der Waals surface area contributed by atoms with E-state index >= 15 is 0 Å². The number of nitrogens with zero attached hydrogens (tertiary/aromatic N) is 4. The largest absolute Gasteiger partial charge is 0.508 e. The molecule has 0 radical (unpaired) electrons. The maximum Gasteiger partial charge on any atom is 0.242 e. The second-order valence-corrected chi connectivity index (χ2v) is 8.06. The molecule has 0 saturated heterocycles. The van der Waals surface area contributed by atoms with Crippen LogP contribution in [0.25, 0.3) is 5.69 Å². The lowest BCUT2D eigenvalue weighted by Gasteiger charge is -2.18. The molecule has 1 aromatic heterocycles. The predicted molar refractivity (Wildman–Crippen MR) is 122 cm³/mol. The highest BCUT2D eigenvalue weighted by atomic mass is 32.2. The third-order valence-corrected chi connectivity index (χ3v) is 5.90. The number of rotatable bonds is 7. The summed E-state index contributed by atoms with van der Waals surface area (Å²) in [6, 6.07) is 21.5. The van der Waals surface area contributed by atoms with Gasteiger partial charge in [0, 0.05) is 0 Å². The quantitative estimate of drug-likeness (QED) is 0.410. The van der Waals surface area contributed by atoms with Crippen LogP contribution in [0.3, 0.4) is 0 Å². The van der Waals surface area contributed by atoms with E-state index < -0.39 is 5.25 Å². The molecule has 0 aliphatic heterocycles. The second-order valence-electron chi connectivity index (χ2n) is 6.99. The van der Waals surface area contributed by atoms with Crippen molar-refractivity contribution in [2.24, 2.45) is 0 Å². The number of ether oxygens (including phenoxy) is 1. The number of carbonyl (C=O) groups excluding carboxylic acids is 1. The highest BCUT2D eigenvalue weighted by Crippen LogP contribution is 2.37. The molecule has 0 aliphatic carbocycles. The van der Waals surface area contributed by atoms with Gasteiger partial charge < -0.3 is 15.2 Å². The Kier molecular flexibility index (Phi) is 6.37. The summed E-state index contributed by atoms with van der Waals surface area (Å²) in [5, 5.41) is 24.3. The monoisotopic (exact) mass is 447 g/mol. The number of nitrogens with one attached hydrogen (secondary N) is 1. The fourth-order valence-electron chi connectivity index (χ4n) is 3.13. The van der Waals surface area contributed by atoms with Gasteiger partial charge >= 0.3 is 0 Å². The van der Waals surface area contributed by atoms with E-state index in [-0.39, 0.29) is 11.7 Å². The Morgan fingerprint density at radius 2 is 1.84 bits per heavy atom. The number of phenolic OH excluding ortho intramolecular Hbond substituents is 1. The molecule has 4 aromatic rings. The van der Waals surface area contributed by atoms with Gasteiger partial charge in [-0.1, -0.05) is 48.2 Å². The normalized spacial score (nSPS) is 11.7. The minimum atomic E-state index is -0.622. The van der Waals surface area contributed by atoms with Gasteiger partial charge in [-0.25, -0.2) is 0 Å². The summed E-state index contributed by atoms with van der Waals surface area (Å²) < 4.78 is 6.93. The maximum absolute atomic E-state index is 13.4. The molecule has 4 rings (SSSR count). The van der Waals surface area contributed by atoms with E-state index in [1.807, 2.05) is 55.5 Å². The number of methoxy groups -OCH3 is 1. The number of hydrogen-bond acceptors (Lipinski definition) is 7. The van der Waals surface area contributed by atoms with Crippen LogP contribution in [0.5, 0.6) is 11.5 Å². The first kappa shape index (κ1) is 21.4. The molecule has 0 bridgehead atoms. The summed E-state index contributed by atoms with van der Waals surface area (Å²) in [4.78, 5) is 13.4. The Morgan fingerprint density at radius 1 is 1.09 bits per heavy atom. The lowest BCUT2D eigenvalue weighted by molar-refractivity contribution is -0.115. The Hall–Kier alpha value is -3.85. The van der Waals surface area contributed by atoms with Gasteiger partial charge in [0.2, 0.25) is 11.1 Å². The third-order valence-electron chi connectivity index (χ3n) is 4.71. The average Bonchev–Trinajstić information content (AvgIpc) is 3.27. The lowest BCUT2D eigenvalue weighted by atomic mass is 10.1. The number of tetrazole rings is 1. The van der Waals surface area contributed by atoms with Gasteiger partial charge in [0.05, 0.1) is 18.5 Å². The fraction of sp³-hybridized carbons (Fsp3) is 0.130. The number of carbonyl (C=O) groups is 1. The van der Waals surface area contributed by atoms with Gasteiger partial charge in [-0.3, -0.25) is 4.79 Å². The zero-order chi connectivity index (χ0) is 22.5. The summed E-state index contributed by atoms with van der Waals surface area (Å²) in [6.07, 6.45) is 0. The molecule has 0 spiro atoms. The van der Waals surface area contributed by atoms with Crippen molar-refractivity contribution in [3.8, 4) is 17.2 Å². The zero-order valence-corrected chi connectivity index (χ0v) is 18.3. The molecule has 0 fully saturated rings. The molecule has 32 heavy (non-hydrogen) atoms. The van der Waals surface area contributed by atoms with Crippen molar-refractivity contribution in [2.45, 2.75) is 17.3 Å². The minimum Gasteiger partial charge on any atom is -0.508 e. The molecular formula is C23H21N5O3S. The van der Waals surface area contributed by atoms with E-state index in [1.165, 1.54) is 16.4 Å². The van der Waals surface area contributed by atoms with Crippen LogP contribution >= 0.6 is 11.8 Å². The topological polar surface area (TPSA) is 102 Å². The molecule has 1 heterocycles. The summed E-state index contributed by atoms with van der Waals surface area (Å²) in [5.74, 6) is 0.490. The fourth-order valence-corrected chi connectivity index (χ4v) is 4.13. The van der Waals surface area contributed by atoms with Crippen LogP contribution in [0.1, 0.15) is 16.4 Å². The van der Waals surface area contributed by atoms with E-state index in [0.29, 0.717) is 22.3 Å². The molecule has 8 nitrogen and oxygen atoms in total. The van der Waals surface area contributed by atoms with Crippen molar-refractivity contribution in [1.82, 2.24) is 20.2 Å². The number of phenols is 1. The van der Waals surface area contributed by atoms with E-state index in [2.05, 4.69) is 20.8 Å². The molecule has 9 heteroatoms. The van der Waals surface area contributed by atoms with Crippen LogP contribution < -0.4 is 10.1 Å². The molecule has 0 saturated carbocycles. The van der Waals surface area contributed by atoms with Crippen LogP contribution in [0, 0.1) is 6.92 Å². The van der Waals surface area contributed by atoms with Crippen molar-refractivity contribution in [2.75, 3.05) is 12.4 Å². The predicted octanol–water partition coefficient (Wildman–Crippen LogP) is 4.16. The Balaban J connectivity index is 1.66. The maximum atomic E-state index is 13.4. The highest BCUT2D eigenvalue weighted by molar-refractivity contribution is 8.00. The molecule has 1 amide bonds. The van der Waals surface area contributed by atoms with Crippen molar-refractivity contribution in [3.05, 3.63) is 83.9 Å². The number of anilines is 1. The molecule has 0 unspecified atom stereocenters. The van der Waals surface area contributed by atoms with Gasteiger partial charge in [-0.15, -0.1) is 5.10 Å². The summed E-state index contributed by atoms with van der Waals surface area (Å²) in [7, 11) is 1.57. The first-order valence-corrected chi connectivity index (χ1v) is 10.7.